The number of hydrogen-bond acceptors (Lipinski definition) is 4. The zero-order chi connectivity index (χ0) is 17.6. The maximum Gasteiger partial charge on any atom is 0.123 e. The third-order valence-electron chi connectivity index (χ3n) is 4.01. The molecule has 5 heteroatoms. The third kappa shape index (κ3) is 4.06. The molecule has 0 aliphatic carbocycles. The lowest BCUT2D eigenvalue weighted by Crippen LogP contribution is -2.15. The molecule has 0 aliphatic heterocycles. The van der Waals surface area contributed by atoms with Crippen molar-refractivity contribution >= 4 is 0 Å². The first-order chi connectivity index (χ1) is 12.2. The molecule has 0 amide bonds. The van der Waals surface area contributed by atoms with Crippen molar-refractivity contribution in [2.75, 3.05) is 7.11 Å². The number of nitrogens with one attached hydrogen (secondary N) is 1. The Bertz CT molecular complexity index is 812. The number of rotatable bonds is 7. The van der Waals surface area contributed by atoms with Crippen molar-refractivity contribution in [1.82, 2.24) is 20.3 Å². The largest absolute Gasteiger partial charge is 0.496 e. The molecule has 3 rings (SSSR count). The van der Waals surface area contributed by atoms with Gasteiger partial charge in [-0.25, -0.2) is 0 Å². The fourth-order valence-corrected chi connectivity index (χ4v) is 2.69. The van der Waals surface area contributed by atoms with Crippen LogP contribution in [0, 0.1) is 0 Å². The molecule has 0 aliphatic rings. The number of nitrogens with zero attached hydrogens (tertiary/aromatic N) is 3. The topological polar surface area (TPSA) is 52.0 Å². The van der Waals surface area contributed by atoms with Gasteiger partial charge < -0.3 is 10.1 Å². The smallest absolute Gasteiger partial charge is 0.123 e. The molecule has 5 nitrogen and oxygen atoms in total. The Morgan fingerprint density at radius 1 is 0.960 bits per heavy atom. The van der Waals surface area contributed by atoms with Crippen LogP contribution in [0.3, 0.4) is 0 Å². The minimum Gasteiger partial charge on any atom is -0.496 e. The van der Waals surface area contributed by atoms with E-state index >= 15 is 0 Å². The van der Waals surface area contributed by atoms with Gasteiger partial charge in [-0.3, -0.25) is 0 Å². The predicted molar refractivity (Wildman–Crippen MR) is 99.4 cm³/mol. The van der Waals surface area contributed by atoms with Gasteiger partial charge in [-0.05, 0) is 19.9 Å². The molecule has 2 aromatic carbocycles. The lowest BCUT2D eigenvalue weighted by Gasteiger charge is -2.09. The van der Waals surface area contributed by atoms with Crippen LogP contribution in [-0.4, -0.2) is 22.1 Å². The van der Waals surface area contributed by atoms with Crippen molar-refractivity contribution in [3.05, 3.63) is 65.9 Å². The second kappa shape index (κ2) is 7.94. The van der Waals surface area contributed by atoms with Gasteiger partial charge in [0.1, 0.15) is 17.1 Å². The minimum absolute atomic E-state index is 0.227. The van der Waals surface area contributed by atoms with E-state index in [1.54, 1.807) is 11.9 Å². The first kappa shape index (κ1) is 17.2. The van der Waals surface area contributed by atoms with Crippen LogP contribution in [0.2, 0.25) is 0 Å². The van der Waals surface area contributed by atoms with Crippen LogP contribution in [0.5, 0.6) is 5.75 Å². The van der Waals surface area contributed by atoms with Crippen LogP contribution in [0.1, 0.15) is 31.1 Å². The average Bonchev–Trinajstić information content (AvgIpc) is 3.07. The molecular weight excluding hydrogens is 312 g/mol. The van der Waals surface area contributed by atoms with E-state index in [-0.39, 0.29) is 6.04 Å². The molecule has 0 saturated carbocycles. The Hall–Kier alpha value is -2.66. The number of ether oxygens (including phenoxy) is 1. The molecule has 130 valence electrons. The van der Waals surface area contributed by atoms with E-state index in [4.69, 9.17) is 4.74 Å². The molecule has 3 aromatic rings. The maximum absolute atomic E-state index is 5.40. The van der Waals surface area contributed by atoms with Gasteiger partial charge in [0.25, 0.3) is 0 Å². The SMILES string of the molecule is COc1ccccc1CNCc1nn(C(C)C)nc1-c1ccccc1. The molecule has 0 saturated heterocycles. The van der Waals surface area contributed by atoms with Gasteiger partial charge >= 0.3 is 0 Å². The van der Waals surface area contributed by atoms with Gasteiger partial charge in [0, 0.05) is 24.2 Å². The van der Waals surface area contributed by atoms with Gasteiger partial charge in [0.05, 0.1) is 13.2 Å². The average molecular weight is 336 g/mol. The number of para-hydroxylation sites is 1. The monoisotopic (exact) mass is 336 g/mol. The number of methoxy groups -OCH3 is 1. The van der Waals surface area contributed by atoms with E-state index in [1.807, 2.05) is 36.4 Å². The van der Waals surface area contributed by atoms with E-state index in [9.17, 15) is 0 Å². The minimum atomic E-state index is 0.227. The lowest BCUT2D eigenvalue weighted by atomic mass is 10.1. The normalized spacial score (nSPS) is 11.0. The summed E-state index contributed by atoms with van der Waals surface area (Å²) in [5.41, 5.74) is 4.10. The zero-order valence-electron chi connectivity index (χ0n) is 14.9. The van der Waals surface area contributed by atoms with Crippen molar-refractivity contribution < 1.29 is 4.74 Å². The van der Waals surface area contributed by atoms with Crippen molar-refractivity contribution in [3.63, 3.8) is 0 Å². The summed E-state index contributed by atoms with van der Waals surface area (Å²) in [4.78, 5) is 1.78. The highest BCUT2D eigenvalue weighted by Gasteiger charge is 2.14. The summed E-state index contributed by atoms with van der Waals surface area (Å²) in [6, 6.07) is 18.5. The first-order valence-electron chi connectivity index (χ1n) is 8.52. The maximum atomic E-state index is 5.40. The van der Waals surface area contributed by atoms with Gasteiger partial charge in [-0.2, -0.15) is 15.0 Å². The highest BCUT2D eigenvalue weighted by Crippen LogP contribution is 2.22. The summed E-state index contributed by atoms with van der Waals surface area (Å²) in [5.74, 6) is 0.893. The first-order valence-corrected chi connectivity index (χ1v) is 8.52. The number of hydrogen-bond donors (Lipinski definition) is 1. The van der Waals surface area contributed by atoms with E-state index in [1.165, 1.54) is 0 Å². The van der Waals surface area contributed by atoms with Crippen molar-refractivity contribution in [2.24, 2.45) is 0 Å². The predicted octanol–water partition coefficient (Wildman–Crippen LogP) is 3.82. The van der Waals surface area contributed by atoms with Crippen LogP contribution in [0.4, 0.5) is 0 Å². The van der Waals surface area contributed by atoms with Crippen molar-refractivity contribution in [3.8, 4) is 17.0 Å². The molecule has 1 heterocycles. The molecule has 0 spiro atoms. The van der Waals surface area contributed by atoms with Crippen LogP contribution in [0.15, 0.2) is 54.6 Å². The van der Waals surface area contributed by atoms with Crippen LogP contribution >= 0.6 is 0 Å². The molecule has 0 unspecified atom stereocenters. The Labute approximate surface area is 148 Å². The Kier molecular flexibility index (Phi) is 5.46. The fraction of sp³-hybridized carbons (Fsp3) is 0.300. The van der Waals surface area contributed by atoms with Gasteiger partial charge in [-0.15, -0.1) is 0 Å². The highest BCUT2D eigenvalue weighted by atomic mass is 16.5. The molecule has 0 bridgehead atoms. The lowest BCUT2D eigenvalue weighted by molar-refractivity contribution is 0.407. The molecule has 25 heavy (non-hydrogen) atoms. The van der Waals surface area contributed by atoms with E-state index in [0.29, 0.717) is 13.1 Å². The number of aromatic nitrogens is 3. The summed E-state index contributed by atoms with van der Waals surface area (Å²) in [6.45, 7) is 5.53. The highest BCUT2D eigenvalue weighted by molar-refractivity contribution is 5.60. The fourth-order valence-electron chi connectivity index (χ4n) is 2.69. The van der Waals surface area contributed by atoms with Crippen molar-refractivity contribution in [2.45, 2.75) is 33.0 Å². The Morgan fingerprint density at radius 2 is 1.68 bits per heavy atom. The molecular formula is C20H24N4O. The van der Waals surface area contributed by atoms with Crippen LogP contribution in [0.25, 0.3) is 11.3 Å². The summed E-state index contributed by atoms with van der Waals surface area (Å²) in [5, 5.41) is 12.8. The molecule has 0 radical (unpaired) electrons. The van der Waals surface area contributed by atoms with E-state index in [2.05, 4.69) is 47.6 Å². The second-order valence-electron chi connectivity index (χ2n) is 6.19. The molecule has 0 fully saturated rings. The van der Waals surface area contributed by atoms with Crippen LogP contribution in [-0.2, 0) is 13.1 Å². The molecule has 1 N–H and O–H groups in total. The third-order valence-corrected chi connectivity index (χ3v) is 4.01. The summed E-state index contributed by atoms with van der Waals surface area (Å²) >= 11 is 0. The van der Waals surface area contributed by atoms with Crippen molar-refractivity contribution in [1.29, 1.82) is 0 Å². The number of benzene rings is 2. The quantitative estimate of drug-likeness (QED) is 0.712. The Balaban J connectivity index is 1.77. The second-order valence-corrected chi connectivity index (χ2v) is 6.19. The van der Waals surface area contributed by atoms with E-state index in [0.717, 1.165) is 28.3 Å². The standard InChI is InChI=1S/C20H24N4O/c1-15(2)24-22-18(20(23-24)16-9-5-4-6-10-16)14-21-13-17-11-7-8-12-19(17)25-3/h4-12,15,21H,13-14H2,1-3H3. The molecule has 1 aromatic heterocycles. The zero-order valence-corrected chi connectivity index (χ0v) is 14.9. The summed E-state index contributed by atoms with van der Waals surface area (Å²) in [6.07, 6.45) is 0. The van der Waals surface area contributed by atoms with Gasteiger partial charge in [0.15, 0.2) is 0 Å². The van der Waals surface area contributed by atoms with E-state index < -0.39 is 0 Å². The summed E-state index contributed by atoms with van der Waals surface area (Å²) < 4.78 is 5.40. The molecule has 0 atom stereocenters. The van der Waals surface area contributed by atoms with Crippen LogP contribution < -0.4 is 10.1 Å². The summed E-state index contributed by atoms with van der Waals surface area (Å²) in [7, 11) is 1.70. The van der Waals surface area contributed by atoms with Gasteiger partial charge in [0.2, 0.25) is 0 Å². The Morgan fingerprint density at radius 3 is 2.40 bits per heavy atom. The van der Waals surface area contributed by atoms with Gasteiger partial charge in [-0.1, -0.05) is 48.5 Å².